The second-order valence-electron chi connectivity index (χ2n) is 9.86. The number of rotatable bonds is 6. The minimum atomic E-state index is -0.307. The minimum absolute atomic E-state index is 0.236. The Morgan fingerprint density at radius 3 is 2.42 bits per heavy atom. The molecule has 0 radical (unpaired) electrons. The molecule has 0 amide bonds. The minimum Gasteiger partial charge on any atom is -0.497 e. The zero-order chi connectivity index (χ0) is 22.2. The van der Waals surface area contributed by atoms with Gasteiger partial charge >= 0.3 is 0 Å². The number of hydrogen-bond donors (Lipinski definition) is 0. The molecular weight excluding hydrogens is 387 g/mol. The lowest BCUT2D eigenvalue weighted by atomic mass is 9.69. The van der Waals surface area contributed by atoms with Gasteiger partial charge in [0.2, 0.25) is 7.28 Å². The number of ether oxygens (including phenoxy) is 3. The lowest BCUT2D eigenvalue weighted by molar-refractivity contribution is -0.0267. The molecule has 2 atom stereocenters. The van der Waals surface area contributed by atoms with Gasteiger partial charge in [-0.05, 0) is 77.3 Å². The molecule has 6 heteroatoms. The molecule has 0 unspecified atom stereocenters. The molecule has 0 spiro atoms. The average molecular weight is 422 g/mol. The number of pyridine rings is 1. The molecule has 0 bridgehead atoms. The van der Waals surface area contributed by atoms with Gasteiger partial charge in [-0.3, -0.25) is 9.88 Å². The summed E-state index contributed by atoms with van der Waals surface area (Å²) in [6.45, 7) is 11.8. The zero-order valence-electron chi connectivity index (χ0n) is 19.7. The molecule has 0 saturated carbocycles. The summed E-state index contributed by atoms with van der Waals surface area (Å²) in [5.41, 5.74) is 3.15. The highest BCUT2D eigenvalue weighted by Crippen LogP contribution is 2.39. The first kappa shape index (κ1) is 22.3. The van der Waals surface area contributed by atoms with Gasteiger partial charge in [0.05, 0.1) is 18.3 Å². The molecule has 3 heterocycles. The maximum Gasteiger partial charge on any atom is 0.229 e. The van der Waals surface area contributed by atoms with Crippen LogP contribution in [-0.2, 0) is 9.47 Å². The predicted molar refractivity (Wildman–Crippen MR) is 125 cm³/mol. The number of likely N-dealkylation sites (tertiary alicyclic amines) is 1. The molecule has 0 N–H and O–H groups in total. The van der Waals surface area contributed by atoms with Crippen molar-refractivity contribution in [2.24, 2.45) is 0 Å². The molecule has 2 aliphatic heterocycles. The molecule has 2 aromatic rings. The van der Waals surface area contributed by atoms with Crippen LogP contribution < -0.4 is 10.2 Å². The summed E-state index contributed by atoms with van der Waals surface area (Å²) >= 11 is 0. The van der Waals surface area contributed by atoms with Crippen LogP contribution in [0, 0.1) is 0 Å². The van der Waals surface area contributed by atoms with E-state index in [0.29, 0.717) is 19.4 Å². The van der Waals surface area contributed by atoms with E-state index in [1.165, 1.54) is 23.0 Å². The van der Waals surface area contributed by atoms with E-state index in [1.807, 2.05) is 24.5 Å². The highest BCUT2D eigenvalue weighted by atomic mass is 16.7. The van der Waals surface area contributed by atoms with Crippen LogP contribution >= 0.6 is 0 Å². The molecule has 0 aliphatic carbocycles. The molecule has 166 valence electrons. The highest BCUT2D eigenvalue weighted by molar-refractivity contribution is 6.54. The third-order valence-electron chi connectivity index (χ3n) is 7.30. The number of aromatic nitrogens is 1. The van der Waals surface area contributed by atoms with Crippen molar-refractivity contribution >= 4 is 12.7 Å². The molecule has 1 aromatic carbocycles. The first-order valence-electron chi connectivity index (χ1n) is 11.4. The van der Waals surface area contributed by atoms with Crippen LogP contribution in [0.4, 0.5) is 0 Å². The smallest absolute Gasteiger partial charge is 0.229 e. The summed E-state index contributed by atoms with van der Waals surface area (Å²) in [4.78, 5) is 7.17. The van der Waals surface area contributed by atoms with E-state index in [0.717, 1.165) is 18.7 Å². The van der Waals surface area contributed by atoms with E-state index in [2.05, 4.69) is 62.7 Å². The fourth-order valence-corrected chi connectivity index (χ4v) is 4.73. The second kappa shape index (κ2) is 8.57. The Bertz CT molecular complexity index is 884. The maximum absolute atomic E-state index is 6.20. The number of methoxy groups -OCH3 is 1. The van der Waals surface area contributed by atoms with Crippen LogP contribution in [0.3, 0.4) is 0 Å². The summed E-state index contributed by atoms with van der Waals surface area (Å²) in [7, 11) is 2.42. The van der Waals surface area contributed by atoms with Crippen molar-refractivity contribution < 1.29 is 14.2 Å². The topological polar surface area (TPSA) is 43.8 Å². The third-order valence-corrected chi connectivity index (χ3v) is 7.30. The Hall–Kier alpha value is -1.89. The van der Waals surface area contributed by atoms with E-state index in [1.54, 1.807) is 7.11 Å². The molecule has 5 nitrogen and oxygen atoms in total. The van der Waals surface area contributed by atoms with E-state index in [9.17, 15) is 0 Å². The standard InChI is InChI=1S/C25H35BN2O3/c1-17(18-9-11-21(29-6)12-10-18)28-13-7-8-22(28)19-14-20(16-27-15-19)26-23-30-24(2,3)25(4,5)31-23/h9-12,14-17,22-23,26H,7-8,13H2,1-6H3/t17-,22+/m1/s1. The Balaban J connectivity index is 1.49. The fraction of sp³-hybridized carbons (Fsp3) is 0.560. The molecule has 4 rings (SSSR count). The van der Waals surface area contributed by atoms with Crippen LogP contribution in [0.2, 0.25) is 0 Å². The SMILES string of the molecule is COc1ccc([C@@H](C)N2CCC[C@H]2c2cncc(BC3OC(C)(C)C(C)(C)O3)c2)cc1. The Kier molecular flexibility index (Phi) is 6.17. The monoisotopic (exact) mass is 422 g/mol. The molecular formula is C25H35BN2O3. The van der Waals surface area contributed by atoms with Crippen molar-refractivity contribution in [2.75, 3.05) is 13.7 Å². The van der Waals surface area contributed by atoms with Crippen LogP contribution in [0.15, 0.2) is 42.7 Å². The van der Waals surface area contributed by atoms with Crippen molar-refractivity contribution in [3.05, 3.63) is 53.9 Å². The summed E-state index contributed by atoms with van der Waals surface area (Å²) in [5, 5.41) is 0. The van der Waals surface area contributed by atoms with E-state index in [-0.39, 0.29) is 17.4 Å². The molecule has 1 aromatic heterocycles. The van der Waals surface area contributed by atoms with Crippen molar-refractivity contribution in [3.63, 3.8) is 0 Å². The van der Waals surface area contributed by atoms with Crippen LogP contribution in [-0.4, -0.2) is 48.2 Å². The van der Waals surface area contributed by atoms with Gasteiger partial charge in [0.1, 0.15) is 11.9 Å². The van der Waals surface area contributed by atoms with Crippen molar-refractivity contribution in [2.45, 2.75) is 76.9 Å². The van der Waals surface area contributed by atoms with Crippen molar-refractivity contribution in [1.29, 1.82) is 0 Å². The Morgan fingerprint density at radius 1 is 1.10 bits per heavy atom. The van der Waals surface area contributed by atoms with Gasteiger partial charge in [-0.2, -0.15) is 0 Å². The normalized spacial score (nSPS) is 24.3. The number of nitrogens with zero attached hydrogens (tertiary/aromatic N) is 2. The van der Waals surface area contributed by atoms with Gasteiger partial charge in [0.25, 0.3) is 0 Å². The van der Waals surface area contributed by atoms with Gasteiger partial charge in [0.15, 0.2) is 0 Å². The summed E-state index contributed by atoms with van der Waals surface area (Å²) in [5.74, 6) is 0.897. The molecule has 2 aliphatic rings. The summed E-state index contributed by atoms with van der Waals surface area (Å²) < 4.78 is 17.7. The third kappa shape index (κ3) is 4.52. The predicted octanol–water partition coefficient (Wildman–Crippen LogP) is 3.94. The molecule has 31 heavy (non-hydrogen) atoms. The maximum atomic E-state index is 6.20. The van der Waals surface area contributed by atoms with E-state index in [4.69, 9.17) is 14.2 Å². The average Bonchev–Trinajstić information content (AvgIpc) is 3.29. The highest BCUT2D eigenvalue weighted by Gasteiger charge is 2.49. The first-order chi connectivity index (χ1) is 14.7. The van der Waals surface area contributed by atoms with Crippen LogP contribution in [0.25, 0.3) is 0 Å². The van der Waals surface area contributed by atoms with Crippen LogP contribution in [0.5, 0.6) is 5.75 Å². The van der Waals surface area contributed by atoms with Gasteiger partial charge in [0, 0.05) is 24.5 Å². The molecule has 2 fully saturated rings. The van der Waals surface area contributed by atoms with Gasteiger partial charge in [-0.25, -0.2) is 0 Å². The van der Waals surface area contributed by atoms with E-state index >= 15 is 0 Å². The van der Waals surface area contributed by atoms with Gasteiger partial charge in [-0.15, -0.1) is 0 Å². The van der Waals surface area contributed by atoms with Gasteiger partial charge in [-0.1, -0.05) is 23.7 Å². The van der Waals surface area contributed by atoms with E-state index < -0.39 is 0 Å². The Morgan fingerprint density at radius 2 is 1.77 bits per heavy atom. The largest absolute Gasteiger partial charge is 0.497 e. The second-order valence-corrected chi connectivity index (χ2v) is 9.86. The zero-order valence-corrected chi connectivity index (χ0v) is 19.7. The quantitative estimate of drug-likeness (QED) is 0.660. The molecule has 2 saturated heterocycles. The Labute approximate surface area is 187 Å². The van der Waals surface area contributed by atoms with Crippen LogP contribution in [0.1, 0.15) is 70.7 Å². The van der Waals surface area contributed by atoms with Crippen molar-refractivity contribution in [1.82, 2.24) is 9.88 Å². The number of hydrogen-bond acceptors (Lipinski definition) is 5. The first-order valence-corrected chi connectivity index (χ1v) is 11.4. The summed E-state index contributed by atoms with van der Waals surface area (Å²) in [6.07, 6.45) is 6.09. The fourth-order valence-electron chi connectivity index (χ4n) is 4.73. The van der Waals surface area contributed by atoms with Gasteiger partial charge < -0.3 is 14.2 Å². The lowest BCUT2D eigenvalue weighted by Gasteiger charge is -2.31. The summed E-state index contributed by atoms with van der Waals surface area (Å²) in [6, 6.07) is 11.4. The number of benzene rings is 1. The van der Waals surface area contributed by atoms with Crippen molar-refractivity contribution in [3.8, 4) is 5.75 Å². The lowest BCUT2D eigenvalue weighted by Crippen LogP contribution is -2.41.